The van der Waals surface area contributed by atoms with E-state index in [9.17, 15) is 33.1 Å². The van der Waals surface area contributed by atoms with Crippen LogP contribution in [0, 0.1) is 11.3 Å². The average Bonchev–Trinajstić information content (AvgIpc) is 3.70. The number of anilines is 3. The first kappa shape index (κ1) is 30.3. The molecule has 3 heterocycles. The van der Waals surface area contributed by atoms with Crippen LogP contribution in [-0.2, 0) is 24.4 Å². The summed E-state index contributed by atoms with van der Waals surface area (Å²) in [6, 6.07) is 6.60. The normalized spacial score (nSPS) is 19.8. The van der Waals surface area contributed by atoms with E-state index in [1.54, 1.807) is 18.0 Å². The molecule has 2 aliphatic rings. The van der Waals surface area contributed by atoms with E-state index < -0.39 is 35.0 Å². The number of rotatable bonds is 7. The van der Waals surface area contributed by atoms with Crippen molar-refractivity contribution in [3.8, 4) is 6.07 Å². The van der Waals surface area contributed by atoms with Crippen molar-refractivity contribution in [1.82, 2.24) is 14.5 Å². The van der Waals surface area contributed by atoms with Crippen LogP contribution in [0.4, 0.5) is 30.4 Å². The molecule has 1 aliphatic carbocycles. The molecule has 228 valence electrons. The molecule has 2 atom stereocenters. The minimum atomic E-state index is -4.69. The molecule has 0 spiro atoms. The largest absolute Gasteiger partial charge is 0.418 e. The lowest BCUT2D eigenvalue weighted by atomic mass is 9.93. The fourth-order valence-corrected chi connectivity index (χ4v) is 5.98. The smallest absolute Gasteiger partial charge is 0.390 e. The second-order valence-corrected chi connectivity index (χ2v) is 11.4. The number of aliphatic hydroxyl groups is 1. The lowest BCUT2D eigenvalue weighted by Crippen LogP contribution is -2.59. The first-order valence-electron chi connectivity index (χ1n) is 14.3. The highest BCUT2D eigenvalue weighted by Crippen LogP contribution is 2.48. The third-order valence-corrected chi connectivity index (χ3v) is 8.48. The van der Waals surface area contributed by atoms with Gasteiger partial charge in [-0.2, -0.15) is 23.4 Å². The lowest BCUT2D eigenvalue weighted by Gasteiger charge is -2.49. The summed E-state index contributed by atoms with van der Waals surface area (Å²) in [5.41, 5.74) is -1.02. The zero-order chi connectivity index (χ0) is 31.3. The molecule has 43 heavy (non-hydrogen) atoms. The van der Waals surface area contributed by atoms with Crippen molar-refractivity contribution in [3.05, 3.63) is 51.6 Å². The SMILES string of the molecule is CC[C@@H]1CN(c2nc(=O)n(C)c3ccc(C#N)nc23)[C@@H](CC)CN1c1c(C(F)(F)F)ccc(NC(C)=O)c1CC1(O)CC1. The summed E-state index contributed by atoms with van der Waals surface area (Å²) in [6.45, 7) is 5.47. The van der Waals surface area contributed by atoms with Crippen molar-refractivity contribution in [3.63, 3.8) is 0 Å². The quantitative estimate of drug-likeness (QED) is 0.416. The molecule has 1 aliphatic heterocycles. The van der Waals surface area contributed by atoms with Gasteiger partial charge in [0.15, 0.2) is 5.82 Å². The molecule has 0 radical (unpaired) electrons. The fourth-order valence-electron chi connectivity index (χ4n) is 5.98. The molecule has 2 fully saturated rings. The molecule has 3 aromatic rings. The number of halogens is 3. The minimum absolute atomic E-state index is 0.0307. The second kappa shape index (κ2) is 11.1. The van der Waals surface area contributed by atoms with E-state index in [2.05, 4.69) is 15.3 Å². The van der Waals surface area contributed by atoms with Crippen molar-refractivity contribution in [2.24, 2.45) is 7.05 Å². The van der Waals surface area contributed by atoms with E-state index >= 15 is 0 Å². The molecule has 1 saturated carbocycles. The number of nitriles is 1. The van der Waals surface area contributed by atoms with Crippen molar-refractivity contribution < 1.29 is 23.1 Å². The van der Waals surface area contributed by atoms with E-state index in [0.29, 0.717) is 36.7 Å². The molecule has 1 saturated heterocycles. The van der Waals surface area contributed by atoms with Crippen LogP contribution in [0.5, 0.6) is 0 Å². The van der Waals surface area contributed by atoms with Crippen LogP contribution in [0.25, 0.3) is 11.0 Å². The van der Waals surface area contributed by atoms with Gasteiger partial charge in [0, 0.05) is 56.8 Å². The summed E-state index contributed by atoms with van der Waals surface area (Å²) in [6.07, 6.45) is -2.83. The second-order valence-electron chi connectivity index (χ2n) is 11.4. The van der Waals surface area contributed by atoms with Crippen LogP contribution in [0.3, 0.4) is 0 Å². The Bertz CT molecular complexity index is 1680. The zero-order valence-corrected chi connectivity index (χ0v) is 24.5. The van der Waals surface area contributed by atoms with Crippen LogP contribution in [0.1, 0.15) is 63.3 Å². The number of nitrogens with one attached hydrogen (secondary N) is 1. The summed E-state index contributed by atoms with van der Waals surface area (Å²) < 4.78 is 45.3. The van der Waals surface area contributed by atoms with Crippen LogP contribution in [0.2, 0.25) is 0 Å². The molecule has 1 aromatic carbocycles. The van der Waals surface area contributed by atoms with Crippen LogP contribution >= 0.6 is 0 Å². The van der Waals surface area contributed by atoms with Gasteiger partial charge in [0.1, 0.15) is 17.3 Å². The number of piperazine rings is 1. The van der Waals surface area contributed by atoms with Gasteiger partial charge in [-0.15, -0.1) is 0 Å². The molecule has 0 unspecified atom stereocenters. The number of fused-ring (bicyclic) bond motifs is 1. The number of carbonyl (C=O) groups is 1. The Morgan fingerprint density at radius 3 is 2.35 bits per heavy atom. The van der Waals surface area contributed by atoms with Gasteiger partial charge in [-0.05, 0) is 49.9 Å². The Kier molecular flexibility index (Phi) is 7.85. The molecular formula is C30H34F3N7O3. The lowest BCUT2D eigenvalue weighted by molar-refractivity contribution is -0.137. The summed E-state index contributed by atoms with van der Waals surface area (Å²) in [4.78, 5) is 37.4. The van der Waals surface area contributed by atoms with Gasteiger partial charge in [-0.25, -0.2) is 9.78 Å². The Morgan fingerprint density at radius 1 is 1.12 bits per heavy atom. The van der Waals surface area contributed by atoms with Gasteiger partial charge in [0.2, 0.25) is 5.91 Å². The van der Waals surface area contributed by atoms with E-state index in [1.807, 2.05) is 24.8 Å². The zero-order valence-electron chi connectivity index (χ0n) is 24.5. The Balaban J connectivity index is 1.67. The number of hydrogen-bond donors (Lipinski definition) is 2. The number of benzene rings is 1. The highest BCUT2D eigenvalue weighted by Gasteiger charge is 2.46. The highest BCUT2D eigenvalue weighted by molar-refractivity contribution is 5.91. The number of aromatic nitrogens is 3. The van der Waals surface area contributed by atoms with Crippen molar-refractivity contribution >= 4 is 34.1 Å². The van der Waals surface area contributed by atoms with Crippen LogP contribution < -0.4 is 20.8 Å². The predicted octanol–water partition coefficient (Wildman–Crippen LogP) is 4.13. The number of aryl methyl sites for hydroxylation is 1. The molecular weight excluding hydrogens is 563 g/mol. The topological polar surface area (TPSA) is 127 Å². The molecule has 5 rings (SSSR count). The summed E-state index contributed by atoms with van der Waals surface area (Å²) in [5, 5.41) is 23.0. The van der Waals surface area contributed by atoms with Gasteiger partial charge in [-0.3, -0.25) is 9.36 Å². The first-order chi connectivity index (χ1) is 20.3. The van der Waals surface area contributed by atoms with Gasteiger partial charge in [-0.1, -0.05) is 13.8 Å². The standard InChI is InChI=1S/C30H34F3N7O3/c1-5-19-16-40(27-25-24(38(4)28(42)37-27)10-7-18(14-34)36-25)20(6-2)15-39(19)26-21(13-29(43)11-12-29)23(35-17(3)41)9-8-22(26)30(31,32)33/h7-10,19-20,43H,5-6,11-13,15-16H2,1-4H3,(H,35,41)/t19-,20+/m1/s1. The summed E-state index contributed by atoms with van der Waals surface area (Å²) in [5.74, 6) is -0.137. The van der Waals surface area contributed by atoms with E-state index in [0.717, 1.165) is 6.07 Å². The molecule has 2 aromatic heterocycles. The number of alkyl halides is 3. The molecule has 2 N–H and O–H groups in total. The summed E-state index contributed by atoms with van der Waals surface area (Å²) in [7, 11) is 1.56. The van der Waals surface area contributed by atoms with Crippen LogP contribution in [-0.4, -0.2) is 56.3 Å². The Hall–Kier alpha value is -4.18. The molecule has 10 nitrogen and oxygen atoms in total. The predicted molar refractivity (Wildman–Crippen MR) is 156 cm³/mol. The highest BCUT2D eigenvalue weighted by atomic mass is 19.4. The maximum absolute atomic E-state index is 14.6. The van der Waals surface area contributed by atoms with Gasteiger partial charge >= 0.3 is 11.9 Å². The third-order valence-electron chi connectivity index (χ3n) is 8.48. The monoisotopic (exact) mass is 597 g/mol. The van der Waals surface area contributed by atoms with Crippen molar-refractivity contribution in [2.75, 3.05) is 28.2 Å². The average molecular weight is 598 g/mol. The van der Waals surface area contributed by atoms with Crippen molar-refractivity contribution in [1.29, 1.82) is 5.26 Å². The fraction of sp³-hybridized carbons (Fsp3) is 0.500. The molecule has 1 amide bonds. The van der Waals surface area contributed by atoms with E-state index in [1.165, 1.54) is 23.6 Å². The molecule has 0 bridgehead atoms. The Labute approximate surface area is 246 Å². The summed E-state index contributed by atoms with van der Waals surface area (Å²) >= 11 is 0. The number of amides is 1. The minimum Gasteiger partial charge on any atom is -0.390 e. The van der Waals surface area contributed by atoms with Crippen molar-refractivity contribution in [2.45, 2.75) is 76.7 Å². The van der Waals surface area contributed by atoms with E-state index in [-0.39, 0.29) is 54.0 Å². The van der Waals surface area contributed by atoms with Crippen LogP contribution in [0.15, 0.2) is 29.1 Å². The Morgan fingerprint density at radius 2 is 1.77 bits per heavy atom. The number of nitrogens with zero attached hydrogens (tertiary/aromatic N) is 6. The number of carbonyl (C=O) groups excluding carboxylic acids is 1. The van der Waals surface area contributed by atoms with E-state index in [4.69, 9.17) is 0 Å². The number of pyridine rings is 1. The van der Waals surface area contributed by atoms with Gasteiger partial charge in [0.25, 0.3) is 0 Å². The third kappa shape index (κ3) is 5.76. The maximum atomic E-state index is 14.6. The number of hydrogen-bond acceptors (Lipinski definition) is 8. The van der Waals surface area contributed by atoms with Gasteiger partial charge < -0.3 is 20.2 Å². The van der Waals surface area contributed by atoms with Gasteiger partial charge in [0.05, 0.1) is 22.4 Å². The molecule has 13 heteroatoms. The maximum Gasteiger partial charge on any atom is 0.418 e. The first-order valence-corrected chi connectivity index (χ1v) is 14.3.